The van der Waals surface area contributed by atoms with Gasteiger partial charge in [0, 0.05) is 18.6 Å². The number of benzene rings is 1. The maximum absolute atomic E-state index is 12.5. The van der Waals surface area contributed by atoms with Gasteiger partial charge >= 0.3 is 0 Å². The molecular weight excluding hydrogens is 356 g/mol. The Morgan fingerprint density at radius 1 is 1.27 bits per heavy atom. The van der Waals surface area contributed by atoms with E-state index in [1.807, 2.05) is 0 Å². The van der Waals surface area contributed by atoms with Crippen molar-refractivity contribution in [1.82, 2.24) is 5.43 Å². The second kappa shape index (κ2) is 8.50. The lowest BCUT2D eigenvalue weighted by molar-refractivity contribution is -0.880. The first-order valence-electron chi connectivity index (χ1n) is 8.52. The Morgan fingerprint density at radius 2 is 1.85 bits per heavy atom. The van der Waals surface area contributed by atoms with Gasteiger partial charge in [-0.25, -0.2) is 13.8 Å². The van der Waals surface area contributed by atoms with Crippen molar-refractivity contribution in [3.05, 3.63) is 24.3 Å². The Balaban J connectivity index is 2.14. The molecule has 1 aromatic carbocycles. The highest BCUT2D eigenvalue weighted by atomic mass is 32.2. The number of hydrazone groups is 1. The van der Waals surface area contributed by atoms with Crippen molar-refractivity contribution in [2.24, 2.45) is 5.10 Å². The number of methoxy groups -OCH3 is 1. The molecule has 2 N–H and O–H groups in total. The van der Waals surface area contributed by atoms with Crippen molar-refractivity contribution in [3.63, 3.8) is 0 Å². The van der Waals surface area contributed by atoms with E-state index >= 15 is 0 Å². The number of hydrogen-bond acceptors (Lipinski definition) is 5. The van der Waals surface area contributed by atoms with Gasteiger partial charge in [-0.15, -0.1) is 0 Å². The van der Waals surface area contributed by atoms with Gasteiger partial charge in [0.25, 0.3) is 5.91 Å². The molecule has 1 saturated heterocycles. The minimum Gasteiger partial charge on any atom is -0.497 e. The molecule has 0 radical (unpaired) electrons. The van der Waals surface area contributed by atoms with Crippen molar-refractivity contribution in [3.8, 4) is 5.75 Å². The summed E-state index contributed by atoms with van der Waals surface area (Å²) in [7, 11) is -0.000220. The van der Waals surface area contributed by atoms with Crippen LogP contribution in [0.4, 0.5) is 5.69 Å². The van der Waals surface area contributed by atoms with Crippen LogP contribution in [-0.4, -0.2) is 59.6 Å². The fraction of sp³-hybridized carbons (Fsp3) is 0.529. The van der Waals surface area contributed by atoms with Crippen LogP contribution in [0.25, 0.3) is 0 Å². The number of amides is 1. The van der Waals surface area contributed by atoms with Crippen LogP contribution in [0.2, 0.25) is 0 Å². The smallest absolute Gasteiger partial charge is 0.263 e. The lowest BCUT2D eigenvalue weighted by Crippen LogP contribution is -3.10. The number of likely N-dealkylation sites (tertiary alicyclic amines) is 1. The molecule has 1 aliphatic rings. The molecule has 0 spiro atoms. The summed E-state index contributed by atoms with van der Waals surface area (Å²) >= 11 is 0. The highest BCUT2D eigenvalue weighted by Gasteiger charge is 2.29. The number of carbonyl (C=O) groups excluding carboxylic acids is 1. The summed E-state index contributed by atoms with van der Waals surface area (Å²) < 4.78 is 30.7. The molecule has 1 aliphatic heterocycles. The van der Waals surface area contributed by atoms with Crippen molar-refractivity contribution in [1.29, 1.82) is 0 Å². The molecule has 1 fully saturated rings. The largest absolute Gasteiger partial charge is 0.497 e. The first-order valence-corrected chi connectivity index (χ1v) is 10.4. The summed E-state index contributed by atoms with van der Waals surface area (Å²) in [6.07, 6.45) is 2.73. The zero-order valence-corrected chi connectivity index (χ0v) is 16.5. The third-order valence-electron chi connectivity index (χ3n) is 4.42. The summed E-state index contributed by atoms with van der Waals surface area (Å²) in [5.41, 5.74) is 3.85. The number of nitrogens with one attached hydrogen (secondary N) is 2. The molecule has 2 rings (SSSR count). The average Bonchev–Trinajstić information content (AvgIpc) is 2.60. The average molecular weight is 383 g/mol. The van der Waals surface area contributed by atoms with Crippen molar-refractivity contribution >= 4 is 27.3 Å². The maximum Gasteiger partial charge on any atom is 0.263 e. The molecule has 1 aromatic rings. The third kappa shape index (κ3) is 5.18. The van der Waals surface area contributed by atoms with E-state index in [1.54, 1.807) is 31.2 Å². The minimum atomic E-state index is -3.65. The number of nitrogens with zero attached hydrogens (tertiary/aromatic N) is 2. The fourth-order valence-corrected chi connectivity index (χ4v) is 4.02. The van der Waals surface area contributed by atoms with Crippen LogP contribution in [0.5, 0.6) is 5.75 Å². The van der Waals surface area contributed by atoms with Crippen LogP contribution in [-0.2, 0) is 14.8 Å². The molecule has 8 nitrogen and oxygen atoms in total. The van der Waals surface area contributed by atoms with E-state index in [2.05, 4.69) is 17.6 Å². The van der Waals surface area contributed by atoms with Crippen LogP contribution in [0.15, 0.2) is 29.4 Å². The maximum atomic E-state index is 12.5. The second-order valence-corrected chi connectivity index (χ2v) is 8.40. The normalized spacial score (nSPS) is 18.8. The van der Waals surface area contributed by atoms with Crippen molar-refractivity contribution in [2.45, 2.75) is 25.8 Å². The van der Waals surface area contributed by atoms with Gasteiger partial charge in [0.15, 0.2) is 0 Å². The van der Waals surface area contributed by atoms with E-state index in [-0.39, 0.29) is 0 Å². The predicted octanol–water partition coefficient (Wildman–Crippen LogP) is -0.370. The highest BCUT2D eigenvalue weighted by Crippen LogP contribution is 2.23. The standard InChI is InChI=1S/C17H26N4O4S/c1-13(17(22)19-18-14-9-11-20(2)12-10-14)21(26(4,23)24)15-5-7-16(25-3)8-6-15/h5-8,13H,9-12H2,1-4H3,(H,19,22)/p+1/t13-/m1/s1. The third-order valence-corrected chi connectivity index (χ3v) is 5.66. The van der Waals surface area contributed by atoms with Gasteiger partial charge in [-0.05, 0) is 31.2 Å². The molecular formula is C17H27N4O4S+. The number of piperidine rings is 1. The van der Waals surface area contributed by atoms with Gasteiger partial charge < -0.3 is 9.64 Å². The Labute approximate surface area is 154 Å². The molecule has 26 heavy (non-hydrogen) atoms. The summed E-state index contributed by atoms with van der Waals surface area (Å²) in [4.78, 5) is 13.9. The number of ether oxygens (including phenoxy) is 1. The van der Waals surface area contributed by atoms with Crippen LogP contribution < -0.4 is 19.4 Å². The van der Waals surface area contributed by atoms with E-state index < -0.39 is 22.0 Å². The van der Waals surface area contributed by atoms with E-state index in [9.17, 15) is 13.2 Å². The zero-order valence-electron chi connectivity index (χ0n) is 15.7. The molecule has 0 unspecified atom stereocenters. The molecule has 0 bridgehead atoms. The van der Waals surface area contributed by atoms with E-state index in [4.69, 9.17) is 4.74 Å². The zero-order chi connectivity index (χ0) is 19.3. The molecule has 0 aliphatic carbocycles. The first kappa shape index (κ1) is 20.2. The summed E-state index contributed by atoms with van der Waals surface area (Å²) in [6.45, 7) is 3.50. The summed E-state index contributed by atoms with van der Waals surface area (Å²) in [5.74, 6) is 0.139. The molecule has 1 heterocycles. The minimum absolute atomic E-state index is 0.395. The van der Waals surface area contributed by atoms with Crippen molar-refractivity contribution < 1.29 is 22.8 Å². The highest BCUT2D eigenvalue weighted by molar-refractivity contribution is 7.92. The van der Waals surface area contributed by atoms with Gasteiger partial charge in [-0.1, -0.05) is 0 Å². The van der Waals surface area contributed by atoms with E-state index in [0.29, 0.717) is 11.4 Å². The number of quaternary nitrogens is 1. The topological polar surface area (TPSA) is 92.5 Å². The van der Waals surface area contributed by atoms with Gasteiger partial charge in [-0.3, -0.25) is 9.10 Å². The van der Waals surface area contributed by atoms with E-state index in [0.717, 1.165) is 42.2 Å². The Bertz CT molecular complexity index is 751. The number of hydrogen-bond donors (Lipinski definition) is 2. The Morgan fingerprint density at radius 3 is 2.35 bits per heavy atom. The first-order chi connectivity index (χ1) is 12.2. The number of rotatable bonds is 6. The van der Waals surface area contributed by atoms with Crippen LogP contribution in [0.1, 0.15) is 19.8 Å². The van der Waals surface area contributed by atoms with Crippen LogP contribution >= 0.6 is 0 Å². The van der Waals surface area contributed by atoms with Crippen LogP contribution in [0.3, 0.4) is 0 Å². The Hall–Kier alpha value is -2.13. The molecule has 1 atom stereocenters. The Kier molecular flexibility index (Phi) is 6.60. The summed E-state index contributed by atoms with van der Waals surface area (Å²) in [5, 5.41) is 4.19. The molecule has 0 aromatic heterocycles. The van der Waals surface area contributed by atoms with Gasteiger partial charge in [0.2, 0.25) is 10.0 Å². The van der Waals surface area contributed by atoms with Gasteiger partial charge in [0.05, 0.1) is 39.2 Å². The van der Waals surface area contributed by atoms with E-state index in [1.165, 1.54) is 12.0 Å². The molecule has 9 heteroatoms. The summed E-state index contributed by atoms with van der Waals surface area (Å²) in [6, 6.07) is 5.59. The lowest BCUT2D eigenvalue weighted by atomic mass is 10.1. The number of carbonyl (C=O) groups is 1. The number of anilines is 1. The van der Waals surface area contributed by atoms with Crippen LogP contribution in [0, 0.1) is 0 Å². The molecule has 0 saturated carbocycles. The van der Waals surface area contributed by atoms with Gasteiger partial charge in [-0.2, -0.15) is 5.10 Å². The quantitative estimate of drug-likeness (QED) is 0.656. The van der Waals surface area contributed by atoms with Crippen molar-refractivity contribution in [2.75, 3.05) is 37.8 Å². The monoisotopic (exact) mass is 383 g/mol. The fourth-order valence-electron chi connectivity index (χ4n) is 2.84. The predicted molar refractivity (Wildman–Crippen MR) is 101 cm³/mol. The second-order valence-electron chi connectivity index (χ2n) is 6.54. The molecule has 1 amide bonds. The van der Waals surface area contributed by atoms with Gasteiger partial charge in [0.1, 0.15) is 11.8 Å². The lowest BCUT2D eigenvalue weighted by Gasteiger charge is -2.28. The molecule has 144 valence electrons. The SMILES string of the molecule is COc1ccc(N([C@H](C)C(=O)NN=C2CC[NH+](C)CC2)S(C)(=O)=O)cc1. The number of sulfonamides is 1.